The molecule has 1 unspecified atom stereocenters. The Balaban J connectivity index is 1.36. The highest BCUT2D eigenvalue weighted by molar-refractivity contribution is 6.30. The maximum atomic E-state index is 12.4. The van der Waals surface area contributed by atoms with Crippen LogP contribution < -0.4 is 4.90 Å². The minimum atomic E-state index is 0.114. The van der Waals surface area contributed by atoms with Gasteiger partial charge in [0.1, 0.15) is 5.82 Å². The van der Waals surface area contributed by atoms with Crippen LogP contribution >= 0.6 is 11.6 Å². The number of pyridine rings is 1. The van der Waals surface area contributed by atoms with E-state index in [9.17, 15) is 4.79 Å². The van der Waals surface area contributed by atoms with Crippen molar-refractivity contribution >= 4 is 23.3 Å². The Kier molecular flexibility index (Phi) is 5.11. The van der Waals surface area contributed by atoms with Crippen molar-refractivity contribution in [3.63, 3.8) is 0 Å². The first-order valence-electron chi connectivity index (χ1n) is 9.44. The molecule has 3 heterocycles. The summed E-state index contributed by atoms with van der Waals surface area (Å²) in [6.07, 6.45) is 6.19. The monoisotopic (exact) mass is 369 g/mol. The topological polar surface area (TPSA) is 36.4 Å². The number of anilines is 1. The number of benzene rings is 1. The summed E-state index contributed by atoms with van der Waals surface area (Å²) in [6.45, 7) is 3.78. The molecule has 2 saturated heterocycles. The van der Waals surface area contributed by atoms with E-state index in [1.807, 2.05) is 29.2 Å². The summed E-state index contributed by atoms with van der Waals surface area (Å²) < 4.78 is 0. The van der Waals surface area contributed by atoms with Crippen LogP contribution in [0.2, 0.25) is 5.02 Å². The van der Waals surface area contributed by atoms with Crippen LogP contribution in [0, 0.1) is 5.92 Å². The predicted octanol–water partition coefficient (Wildman–Crippen LogP) is 4.04. The third kappa shape index (κ3) is 3.85. The van der Waals surface area contributed by atoms with E-state index in [2.05, 4.69) is 22.0 Å². The minimum Gasteiger partial charge on any atom is -0.356 e. The number of carbonyl (C=O) groups excluding carboxylic acids is 1. The Morgan fingerprint density at radius 3 is 2.54 bits per heavy atom. The molecule has 2 fully saturated rings. The van der Waals surface area contributed by atoms with E-state index in [-0.39, 0.29) is 5.91 Å². The molecule has 1 aromatic heterocycles. The molecular weight excluding hydrogens is 346 g/mol. The van der Waals surface area contributed by atoms with Gasteiger partial charge in [0.25, 0.3) is 5.91 Å². The Labute approximate surface area is 159 Å². The van der Waals surface area contributed by atoms with Crippen molar-refractivity contribution < 1.29 is 4.79 Å². The van der Waals surface area contributed by atoms with Crippen molar-refractivity contribution in [3.05, 3.63) is 58.7 Å². The second-order valence-electron chi connectivity index (χ2n) is 7.34. The van der Waals surface area contributed by atoms with Gasteiger partial charge in [0.15, 0.2) is 0 Å². The van der Waals surface area contributed by atoms with Gasteiger partial charge in [0.05, 0.1) is 5.56 Å². The third-order valence-corrected chi connectivity index (χ3v) is 5.69. The lowest BCUT2D eigenvalue weighted by Gasteiger charge is -2.19. The lowest BCUT2D eigenvalue weighted by atomic mass is 9.99. The van der Waals surface area contributed by atoms with Crippen LogP contribution in [-0.4, -0.2) is 42.0 Å². The van der Waals surface area contributed by atoms with Gasteiger partial charge in [-0.3, -0.25) is 4.79 Å². The van der Waals surface area contributed by atoms with E-state index in [1.165, 1.54) is 12.0 Å². The summed E-state index contributed by atoms with van der Waals surface area (Å²) in [7, 11) is 0. The largest absolute Gasteiger partial charge is 0.356 e. The molecule has 1 aromatic carbocycles. The smallest absolute Gasteiger partial charge is 0.255 e. The van der Waals surface area contributed by atoms with Gasteiger partial charge in [-0.15, -0.1) is 0 Å². The Morgan fingerprint density at radius 2 is 1.85 bits per heavy atom. The number of nitrogens with zero attached hydrogens (tertiary/aromatic N) is 3. The molecule has 1 amide bonds. The molecule has 0 N–H and O–H groups in total. The number of carbonyl (C=O) groups is 1. The molecule has 26 heavy (non-hydrogen) atoms. The number of amides is 1. The zero-order valence-corrected chi connectivity index (χ0v) is 15.7. The van der Waals surface area contributed by atoms with E-state index in [4.69, 9.17) is 11.6 Å². The quantitative estimate of drug-likeness (QED) is 0.816. The van der Waals surface area contributed by atoms with Crippen LogP contribution in [0.15, 0.2) is 42.6 Å². The highest BCUT2D eigenvalue weighted by Gasteiger charge is 2.24. The van der Waals surface area contributed by atoms with Gasteiger partial charge in [-0.05, 0) is 61.4 Å². The van der Waals surface area contributed by atoms with Crippen molar-refractivity contribution in [1.82, 2.24) is 9.88 Å². The van der Waals surface area contributed by atoms with E-state index in [1.54, 1.807) is 6.20 Å². The highest BCUT2D eigenvalue weighted by atomic mass is 35.5. The van der Waals surface area contributed by atoms with Crippen LogP contribution in [-0.2, 0) is 6.42 Å². The van der Waals surface area contributed by atoms with Crippen LogP contribution in [0.4, 0.5) is 5.82 Å². The van der Waals surface area contributed by atoms with Crippen molar-refractivity contribution in [2.45, 2.75) is 25.7 Å². The predicted molar refractivity (Wildman–Crippen MR) is 105 cm³/mol. The van der Waals surface area contributed by atoms with Gasteiger partial charge < -0.3 is 9.80 Å². The lowest BCUT2D eigenvalue weighted by Crippen LogP contribution is -2.28. The summed E-state index contributed by atoms with van der Waals surface area (Å²) in [4.78, 5) is 21.2. The summed E-state index contributed by atoms with van der Waals surface area (Å²) >= 11 is 5.96. The second-order valence-corrected chi connectivity index (χ2v) is 7.77. The first kappa shape index (κ1) is 17.3. The normalized spacial score (nSPS) is 20.0. The summed E-state index contributed by atoms with van der Waals surface area (Å²) in [5, 5.41) is 0.787. The Morgan fingerprint density at radius 1 is 1.08 bits per heavy atom. The first-order chi connectivity index (χ1) is 12.7. The van der Waals surface area contributed by atoms with Gasteiger partial charge in [-0.1, -0.05) is 23.7 Å². The van der Waals surface area contributed by atoms with E-state index in [0.717, 1.165) is 56.3 Å². The maximum Gasteiger partial charge on any atom is 0.255 e. The average molecular weight is 370 g/mol. The summed E-state index contributed by atoms with van der Waals surface area (Å²) in [6, 6.07) is 12.1. The zero-order valence-electron chi connectivity index (χ0n) is 14.9. The van der Waals surface area contributed by atoms with E-state index in [0.29, 0.717) is 11.5 Å². The van der Waals surface area contributed by atoms with Crippen molar-refractivity contribution in [2.24, 2.45) is 5.92 Å². The fourth-order valence-corrected chi connectivity index (χ4v) is 4.09. The number of hydrogen-bond donors (Lipinski definition) is 0. The Bertz CT molecular complexity index is 754. The molecule has 0 radical (unpaired) electrons. The van der Waals surface area contributed by atoms with Crippen LogP contribution in [0.1, 0.15) is 35.2 Å². The summed E-state index contributed by atoms with van der Waals surface area (Å²) in [5.74, 6) is 1.72. The average Bonchev–Trinajstić information content (AvgIpc) is 3.35. The lowest BCUT2D eigenvalue weighted by molar-refractivity contribution is 0.0792. The number of aromatic nitrogens is 1. The first-order valence-corrected chi connectivity index (χ1v) is 9.81. The molecule has 0 aliphatic carbocycles. The molecule has 2 aromatic rings. The van der Waals surface area contributed by atoms with Crippen molar-refractivity contribution in [3.8, 4) is 0 Å². The zero-order chi connectivity index (χ0) is 17.9. The molecule has 2 aliphatic heterocycles. The molecule has 2 aliphatic rings. The molecule has 5 heteroatoms. The fraction of sp³-hybridized carbons (Fsp3) is 0.429. The summed E-state index contributed by atoms with van der Waals surface area (Å²) in [5.41, 5.74) is 2.04. The molecule has 136 valence electrons. The van der Waals surface area contributed by atoms with Gasteiger partial charge in [-0.2, -0.15) is 0 Å². The standard InChI is InChI=1S/C21H24ClN3O/c22-19-6-3-16(4-7-19)13-17-9-12-25(15-17)20-8-5-18(14-23-20)21(26)24-10-1-2-11-24/h3-8,14,17H,1-2,9-13,15H2. The van der Waals surface area contributed by atoms with E-state index < -0.39 is 0 Å². The van der Waals surface area contributed by atoms with Gasteiger partial charge in [-0.25, -0.2) is 4.98 Å². The van der Waals surface area contributed by atoms with Crippen LogP contribution in [0.3, 0.4) is 0 Å². The van der Waals surface area contributed by atoms with Gasteiger partial charge in [0, 0.05) is 37.4 Å². The number of hydrogen-bond acceptors (Lipinski definition) is 3. The number of rotatable bonds is 4. The molecule has 1 atom stereocenters. The van der Waals surface area contributed by atoms with Gasteiger partial charge in [0.2, 0.25) is 0 Å². The second kappa shape index (κ2) is 7.67. The molecule has 0 saturated carbocycles. The molecule has 0 spiro atoms. The molecular formula is C21H24ClN3O. The Hall–Kier alpha value is -2.07. The minimum absolute atomic E-state index is 0.114. The third-order valence-electron chi connectivity index (χ3n) is 5.44. The number of likely N-dealkylation sites (tertiary alicyclic amines) is 1. The fourth-order valence-electron chi connectivity index (χ4n) is 3.96. The maximum absolute atomic E-state index is 12.4. The van der Waals surface area contributed by atoms with Crippen LogP contribution in [0.5, 0.6) is 0 Å². The number of halogens is 1. The van der Waals surface area contributed by atoms with E-state index >= 15 is 0 Å². The van der Waals surface area contributed by atoms with Crippen LogP contribution in [0.25, 0.3) is 0 Å². The van der Waals surface area contributed by atoms with Crippen molar-refractivity contribution in [2.75, 3.05) is 31.1 Å². The van der Waals surface area contributed by atoms with Gasteiger partial charge >= 0.3 is 0 Å². The van der Waals surface area contributed by atoms with Crippen molar-refractivity contribution in [1.29, 1.82) is 0 Å². The highest BCUT2D eigenvalue weighted by Crippen LogP contribution is 2.26. The SMILES string of the molecule is O=C(c1ccc(N2CCC(Cc3ccc(Cl)cc3)C2)nc1)N1CCCC1. The molecule has 0 bridgehead atoms. The molecule has 4 rings (SSSR count). The molecule has 4 nitrogen and oxygen atoms in total.